The van der Waals surface area contributed by atoms with Gasteiger partial charge in [-0.25, -0.2) is 0 Å². The van der Waals surface area contributed by atoms with Crippen molar-refractivity contribution in [2.24, 2.45) is 0 Å². The van der Waals surface area contributed by atoms with Gasteiger partial charge in [-0.05, 0) is 25.0 Å². The maximum atomic E-state index is 12.6. The van der Waals surface area contributed by atoms with Crippen LogP contribution < -0.4 is 5.73 Å². The zero-order chi connectivity index (χ0) is 14.9. The largest absolute Gasteiger partial charge is 0.397 e. The molecule has 0 fully saturated rings. The smallest absolute Gasteiger partial charge is 0.266 e. The van der Waals surface area contributed by atoms with Crippen LogP contribution in [0.4, 0.5) is 5.69 Å². The van der Waals surface area contributed by atoms with E-state index in [0.29, 0.717) is 10.6 Å². The molecule has 0 saturated carbocycles. The van der Waals surface area contributed by atoms with Crippen molar-refractivity contribution in [3.63, 3.8) is 0 Å². The van der Waals surface area contributed by atoms with E-state index >= 15 is 0 Å². The molecule has 0 aliphatic carbocycles. The van der Waals surface area contributed by atoms with Crippen molar-refractivity contribution in [2.45, 2.75) is 32.7 Å². The van der Waals surface area contributed by atoms with E-state index in [1.165, 1.54) is 11.3 Å². The highest BCUT2D eigenvalue weighted by molar-refractivity contribution is 9.10. The molecule has 3 nitrogen and oxygen atoms in total. The van der Waals surface area contributed by atoms with E-state index in [1.807, 2.05) is 30.1 Å². The minimum atomic E-state index is 0.0179. The summed E-state index contributed by atoms with van der Waals surface area (Å²) in [6, 6.07) is 6.16. The van der Waals surface area contributed by atoms with Gasteiger partial charge in [-0.2, -0.15) is 0 Å². The number of amides is 1. The summed E-state index contributed by atoms with van der Waals surface area (Å²) in [5, 5.41) is 0.943. The quantitative estimate of drug-likeness (QED) is 0.877. The first-order valence-corrected chi connectivity index (χ1v) is 8.35. The number of carbonyl (C=O) groups excluding carboxylic acids is 1. The van der Waals surface area contributed by atoms with Gasteiger partial charge in [0.2, 0.25) is 0 Å². The molecule has 1 aromatic heterocycles. The van der Waals surface area contributed by atoms with Gasteiger partial charge in [-0.1, -0.05) is 35.8 Å². The highest BCUT2D eigenvalue weighted by atomic mass is 79.9. The third kappa shape index (κ3) is 2.56. The lowest BCUT2D eigenvalue weighted by atomic mass is 10.1. The van der Waals surface area contributed by atoms with Crippen LogP contribution in [-0.2, 0) is 0 Å². The van der Waals surface area contributed by atoms with Gasteiger partial charge in [-0.15, -0.1) is 11.3 Å². The van der Waals surface area contributed by atoms with Crippen LogP contribution in [0.5, 0.6) is 0 Å². The third-order valence-corrected chi connectivity index (χ3v) is 5.53. The van der Waals surface area contributed by atoms with Crippen molar-refractivity contribution < 1.29 is 4.79 Å². The Morgan fingerprint density at radius 1 is 1.40 bits per heavy atom. The number of anilines is 1. The van der Waals surface area contributed by atoms with Gasteiger partial charge in [0.05, 0.1) is 5.69 Å². The second-order valence-electron chi connectivity index (χ2n) is 4.84. The summed E-state index contributed by atoms with van der Waals surface area (Å²) in [6.07, 6.45) is 1.90. The van der Waals surface area contributed by atoms with Crippen LogP contribution in [0.1, 0.15) is 36.4 Å². The van der Waals surface area contributed by atoms with Crippen molar-refractivity contribution in [1.29, 1.82) is 0 Å². The Balaban J connectivity index is 2.45. The fourth-order valence-corrected chi connectivity index (χ4v) is 4.29. The summed E-state index contributed by atoms with van der Waals surface area (Å²) >= 11 is 4.97. The van der Waals surface area contributed by atoms with Gasteiger partial charge in [0.25, 0.3) is 5.91 Å². The van der Waals surface area contributed by atoms with Crippen molar-refractivity contribution in [3.05, 3.63) is 27.5 Å². The molecule has 0 spiro atoms. The van der Waals surface area contributed by atoms with Crippen LogP contribution in [-0.4, -0.2) is 23.9 Å². The summed E-state index contributed by atoms with van der Waals surface area (Å²) in [5.74, 6) is 0.0179. The maximum absolute atomic E-state index is 12.6. The molecular weight excluding hydrogens is 336 g/mol. The summed E-state index contributed by atoms with van der Waals surface area (Å²) in [5.41, 5.74) is 6.78. The topological polar surface area (TPSA) is 46.3 Å². The summed E-state index contributed by atoms with van der Waals surface area (Å²) < 4.78 is 1.98. The van der Waals surface area contributed by atoms with E-state index in [0.717, 1.165) is 27.4 Å². The molecule has 1 aromatic carbocycles. The average molecular weight is 355 g/mol. The number of hydrogen-bond donors (Lipinski definition) is 1. The van der Waals surface area contributed by atoms with Crippen LogP contribution >= 0.6 is 27.3 Å². The molecule has 0 atom stereocenters. The molecule has 0 radical (unpaired) electrons. The van der Waals surface area contributed by atoms with Gasteiger partial charge in [0, 0.05) is 27.6 Å². The van der Waals surface area contributed by atoms with Crippen molar-refractivity contribution in [1.82, 2.24) is 4.90 Å². The SMILES string of the molecule is CCC(CC)N(C)C(=O)c1sc2cccc(Br)c2c1N. The Hall–Kier alpha value is -1.07. The highest BCUT2D eigenvalue weighted by Crippen LogP contribution is 2.38. The summed E-state index contributed by atoms with van der Waals surface area (Å²) in [7, 11) is 1.86. The number of benzene rings is 1. The molecule has 2 aromatic rings. The lowest BCUT2D eigenvalue weighted by Crippen LogP contribution is -2.36. The number of fused-ring (bicyclic) bond motifs is 1. The van der Waals surface area contributed by atoms with Gasteiger partial charge in [0.15, 0.2) is 0 Å². The van der Waals surface area contributed by atoms with Gasteiger partial charge in [-0.3, -0.25) is 4.79 Å². The van der Waals surface area contributed by atoms with Crippen LogP contribution in [0.2, 0.25) is 0 Å². The molecule has 0 aliphatic heterocycles. The Morgan fingerprint density at radius 2 is 2.05 bits per heavy atom. The van der Waals surface area contributed by atoms with E-state index < -0.39 is 0 Å². The van der Waals surface area contributed by atoms with Crippen molar-refractivity contribution >= 4 is 48.9 Å². The molecule has 5 heteroatoms. The predicted octanol–water partition coefficient (Wildman–Crippen LogP) is 4.51. The normalized spacial score (nSPS) is 11.2. The fraction of sp³-hybridized carbons (Fsp3) is 0.400. The minimum Gasteiger partial charge on any atom is -0.397 e. The lowest BCUT2D eigenvalue weighted by molar-refractivity contribution is 0.0729. The number of hydrogen-bond acceptors (Lipinski definition) is 3. The second-order valence-corrected chi connectivity index (χ2v) is 6.75. The zero-order valence-electron chi connectivity index (χ0n) is 11.9. The van der Waals surface area contributed by atoms with Gasteiger partial charge in [0.1, 0.15) is 4.88 Å². The van der Waals surface area contributed by atoms with Gasteiger partial charge >= 0.3 is 0 Å². The molecule has 0 aliphatic rings. The van der Waals surface area contributed by atoms with E-state index in [-0.39, 0.29) is 11.9 Å². The van der Waals surface area contributed by atoms with E-state index in [2.05, 4.69) is 29.8 Å². The van der Waals surface area contributed by atoms with Crippen LogP contribution in [0.25, 0.3) is 10.1 Å². The molecule has 108 valence electrons. The molecular formula is C15H19BrN2OS. The first-order chi connectivity index (χ1) is 9.51. The number of halogens is 1. The monoisotopic (exact) mass is 354 g/mol. The molecule has 20 heavy (non-hydrogen) atoms. The standard InChI is InChI=1S/C15H19BrN2OS/c1-4-9(5-2)18(3)15(19)14-13(17)12-10(16)7-6-8-11(12)20-14/h6-9H,4-5,17H2,1-3H3. The minimum absolute atomic E-state index is 0.0179. The second kappa shape index (κ2) is 6.14. The van der Waals surface area contributed by atoms with E-state index in [4.69, 9.17) is 5.73 Å². The van der Waals surface area contributed by atoms with Crippen molar-refractivity contribution in [3.8, 4) is 0 Å². The van der Waals surface area contributed by atoms with E-state index in [9.17, 15) is 4.79 Å². The predicted molar refractivity (Wildman–Crippen MR) is 90.4 cm³/mol. The number of rotatable bonds is 4. The molecule has 0 unspecified atom stereocenters. The van der Waals surface area contributed by atoms with Crippen molar-refractivity contribution in [2.75, 3.05) is 12.8 Å². The summed E-state index contributed by atoms with van der Waals surface area (Å²) in [6.45, 7) is 4.20. The highest BCUT2D eigenvalue weighted by Gasteiger charge is 2.24. The Kier molecular flexibility index (Phi) is 4.70. The average Bonchev–Trinajstić information content (AvgIpc) is 2.78. The molecule has 1 amide bonds. The molecule has 0 bridgehead atoms. The molecule has 2 N–H and O–H groups in total. The zero-order valence-corrected chi connectivity index (χ0v) is 14.3. The Bertz CT molecular complexity index is 634. The first kappa shape index (κ1) is 15.3. The number of nitrogens with two attached hydrogens (primary N) is 1. The maximum Gasteiger partial charge on any atom is 0.266 e. The Morgan fingerprint density at radius 3 is 2.60 bits per heavy atom. The molecule has 2 rings (SSSR count). The number of nitrogens with zero attached hydrogens (tertiary/aromatic N) is 1. The number of thiophene rings is 1. The Labute approximate surface area is 131 Å². The van der Waals surface area contributed by atoms with Crippen LogP contribution in [0.3, 0.4) is 0 Å². The third-order valence-electron chi connectivity index (χ3n) is 3.71. The van der Waals surface area contributed by atoms with E-state index in [1.54, 1.807) is 0 Å². The number of carbonyl (C=O) groups is 1. The molecule has 0 saturated heterocycles. The first-order valence-electron chi connectivity index (χ1n) is 6.74. The van der Waals surface area contributed by atoms with Crippen LogP contribution in [0, 0.1) is 0 Å². The summed E-state index contributed by atoms with van der Waals surface area (Å²) in [4.78, 5) is 15.1. The molecule has 1 heterocycles. The van der Waals surface area contributed by atoms with Gasteiger partial charge < -0.3 is 10.6 Å². The lowest BCUT2D eigenvalue weighted by Gasteiger charge is -2.26. The number of nitrogen functional groups attached to an aromatic ring is 1. The van der Waals surface area contributed by atoms with Crippen LogP contribution in [0.15, 0.2) is 22.7 Å². The fourth-order valence-electron chi connectivity index (χ4n) is 2.45.